The molecule has 2 heterocycles. The van der Waals surface area contributed by atoms with E-state index in [-0.39, 0.29) is 5.56 Å². The van der Waals surface area contributed by atoms with Gasteiger partial charge in [-0.3, -0.25) is 4.79 Å². The van der Waals surface area contributed by atoms with E-state index in [1.54, 1.807) is 4.57 Å². The summed E-state index contributed by atoms with van der Waals surface area (Å²) in [7, 11) is 0. The average Bonchev–Trinajstić information content (AvgIpc) is 2.62. The zero-order valence-corrected chi connectivity index (χ0v) is 15.8. The fourth-order valence-electron chi connectivity index (χ4n) is 3.98. The van der Waals surface area contributed by atoms with Crippen molar-refractivity contribution in [1.82, 2.24) is 9.55 Å². The summed E-state index contributed by atoms with van der Waals surface area (Å²) < 4.78 is 1.73. The predicted molar refractivity (Wildman–Crippen MR) is 108 cm³/mol. The number of piperidine rings is 1. The highest BCUT2D eigenvalue weighted by molar-refractivity contribution is 6.30. The molecule has 1 saturated heterocycles. The molecule has 0 radical (unpaired) electrons. The normalized spacial score (nSPS) is 20.5. The van der Waals surface area contributed by atoms with Crippen LogP contribution in [-0.2, 0) is 0 Å². The molecule has 0 aliphatic carbocycles. The fraction of sp³-hybridized carbons (Fsp3) is 0.333. The first-order valence-corrected chi connectivity index (χ1v) is 9.43. The van der Waals surface area contributed by atoms with Crippen LogP contribution in [0.3, 0.4) is 0 Å². The Labute approximate surface area is 158 Å². The predicted octanol–water partition coefficient (Wildman–Crippen LogP) is 4.52. The lowest BCUT2D eigenvalue weighted by atomic mass is 9.92. The number of anilines is 1. The first-order chi connectivity index (χ1) is 12.5. The minimum absolute atomic E-state index is 0.0428. The van der Waals surface area contributed by atoms with Gasteiger partial charge in [-0.15, -0.1) is 0 Å². The van der Waals surface area contributed by atoms with Gasteiger partial charge in [-0.2, -0.15) is 0 Å². The lowest BCUT2D eigenvalue weighted by Crippen LogP contribution is -2.42. The molecular weight excluding hydrogens is 346 g/mol. The summed E-state index contributed by atoms with van der Waals surface area (Å²) in [5.41, 5.74) is 1.49. The van der Waals surface area contributed by atoms with Crippen molar-refractivity contribution in [2.45, 2.75) is 20.3 Å². The van der Waals surface area contributed by atoms with Crippen molar-refractivity contribution < 1.29 is 0 Å². The summed E-state index contributed by atoms with van der Waals surface area (Å²) in [6, 6.07) is 14.9. The van der Waals surface area contributed by atoms with Crippen LogP contribution in [0.4, 0.5) is 5.95 Å². The van der Waals surface area contributed by atoms with Crippen LogP contribution in [-0.4, -0.2) is 22.6 Å². The van der Waals surface area contributed by atoms with E-state index in [2.05, 4.69) is 18.7 Å². The van der Waals surface area contributed by atoms with Gasteiger partial charge in [0.1, 0.15) is 0 Å². The molecule has 0 bridgehead atoms. The van der Waals surface area contributed by atoms with Crippen LogP contribution in [0.15, 0.2) is 53.3 Å². The minimum Gasteiger partial charge on any atom is -0.341 e. The number of hydrogen-bond acceptors (Lipinski definition) is 3. The van der Waals surface area contributed by atoms with E-state index in [4.69, 9.17) is 16.6 Å². The molecule has 4 rings (SSSR count). The molecule has 26 heavy (non-hydrogen) atoms. The van der Waals surface area contributed by atoms with Gasteiger partial charge in [-0.25, -0.2) is 9.55 Å². The number of para-hydroxylation sites is 1. The molecule has 2 atom stereocenters. The smallest absolute Gasteiger partial charge is 0.267 e. The SMILES string of the molecule is C[C@@H]1C[C@H](C)CN(c2nc3ccccc3c(=O)n2-c2ccc(Cl)cc2)C1. The lowest BCUT2D eigenvalue weighted by molar-refractivity contribution is 0.352. The van der Waals surface area contributed by atoms with Crippen molar-refractivity contribution in [3.63, 3.8) is 0 Å². The Balaban J connectivity index is 1.96. The fourth-order valence-corrected chi connectivity index (χ4v) is 4.11. The minimum atomic E-state index is -0.0428. The van der Waals surface area contributed by atoms with E-state index in [9.17, 15) is 4.79 Å². The third-order valence-electron chi connectivity index (χ3n) is 4.99. The average molecular weight is 368 g/mol. The molecule has 0 N–H and O–H groups in total. The number of rotatable bonds is 2. The molecule has 0 unspecified atom stereocenters. The largest absolute Gasteiger partial charge is 0.341 e. The molecule has 0 amide bonds. The van der Waals surface area contributed by atoms with E-state index < -0.39 is 0 Å². The van der Waals surface area contributed by atoms with Gasteiger partial charge < -0.3 is 4.90 Å². The van der Waals surface area contributed by atoms with Crippen molar-refractivity contribution in [1.29, 1.82) is 0 Å². The Kier molecular flexibility index (Phi) is 4.45. The molecule has 4 nitrogen and oxygen atoms in total. The Morgan fingerprint density at radius 1 is 1.00 bits per heavy atom. The van der Waals surface area contributed by atoms with Crippen molar-refractivity contribution >= 4 is 28.5 Å². The first kappa shape index (κ1) is 17.1. The molecule has 1 aromatic heterocycles. The van der Waals surface area contributed by atoms with Gasteiger partial charge in [0.25, 0.3) is 5.56 Å². The van der Waals surface area contributed by atoms with E-state index in [0.717, 1.165) is 30.2 Å². The summed E-state index contributed by atoms with van der Waals surface area (Å²) in [5.74, 6) is 1.86. The molecule has 134 valence electrons. The van der Waals surface area contributed by atoms with Gasteiger partial charge in [0.2, 0.25) is 5.95 Å². The second-order valence-electron chi connectivity index (χ2n) is 7.40. The van der Waals surface area contributed by atoms with Crippen molar-refractivity contribution in [2.24, 2.45) is 11.8 Å². The second-order valence-corrected chi connectivity index (χ2v) is 7.83. The number of fused-ring (bicyclic) bond motifs is 1. The molecule has 2 aromatic carbocycles. The molecule has 1 aliphatic heterocycles. The van der Waals surface area contributed by atoms with Crippen molar-refractivity contribution in [3.8, 4) is 5.69 Å². The van der Waals surface area contributed by atoms with Crippen LogP contribution < -0.4 is 10.5 Å². The summed E-state index contributed by atoms with van der Waals surface area (Å²) >= 11 is 6.05. The zero-order chi connectivity index (χ0) is 18.3. The summed E-state index contributed by atoms with van der Waals surface area (Å²) in [6.45, 7) is 6.33. The van der Waals surface area contributed by atoms with Crippen molar-refractivity contribution in [3.05, 3.63) is 63.9 Å². The molecule has 1 fully saturated rings. The number of hydrogen-bond donors (Lipinski definition) is 0. The summed E-state index contributed by atoms with van der Waals surface area (Å²) in [5, 5.41) is 1.28. The Morgan fingerprint density at radius 3 is 2.35 bits per heavy atom. The van der Waals surface area contributed by atoms with Crippen LogP contribution in [0.25, 0.3) is 16.6 Å². The Morgan fingerprint density at radius 2 is 1.65 bits per heavy atom. The molecule has 0 saturated carbocycles. The maximum absolute atomic E-state index is 13.3. The van der Waals surface area contributed by atoms with E-state index in [0.29, 0.717) is 22.2 Å². The first-order valence-electron chi connectivity index (χ1n) is 9.05. The molecule has 3 aromatic rings. The van der Waals surface area contributed by atoms with Gasteiger partial charge in [0, 0.05) is 18.1 Å². The third-order valence-corrected chi connectivity index (χ3v) is 5.25. The topological polar surface area (TPSA) is 38.1 Å². The van der Waals surface area contributed by atoms with Crippen molar-refractivity contribution in [2.75, 3.05) is 18.0 Å². The van der Waals surface area contributed by atoms with Crippen LogP contribution in [0, 0.1) is 11.8 Å². The second kappa shape index (κ2) is 6.76. The summed E-state index contributed by atoms with van der Waals surface area (Å²) in [4.78, 5) is 20.4. The third kappa shape index (κ3) is 3.10. The monoisotopic (exact) mass is 367 g/mol. The Hall–Kier alpha value is -2.33. The van der Waals surface area contributed by atoms with Gasteiger partial charge in [0.15, 0.2) is 0 Å². The highest BCUT2D eigenvalue weighted by atomic mass is 35.5. The highest BCUT2D eigenvalue weighted by Crippen LogP contribution is 2.27. The van der Waals surface area contributed by atoms with E-state index in [1.807, 2.05) is 48.5 Å². The zero-order valence-electron chi connectivity index (χ0n) is 15.0. The Bertz CT molecular complexity index is 986. The van der Waals surface area contributed by atoms with Crippen LogP contribution in [0.5, 0.6) is 0 Å². The number of benzene rings is 2. The maximum atomic E-state index is 13.3. The van der Waals surface area contributed by atoms with E-state index >= 15 is 0 Å². The van der Waals surface area contributed by atoms with Gasteiger partial charge in [-0.1, -0.05) is 37.6 Å². The van der Waals surface area contributed by atoms with Gasteiger partial charge in [-0.05, 0) is 54.7 Å². The molecule has 5 heteroatoms. The number of aromatic nitrogens is 2. The van der Waals surface area contributed by atoms with Crippen LogP contribution >= 0.6 is 11.6 Å². The van der Waals surface area contributed by atoms with E-state index in [1.165, 1.54) is 6.42 Å². The molecule has 0 spiro atoms. The number of halogens is 1. The number of nitrogens with zero attached hydrogens (tertiary/aromatic N) is 3. The molecule has 1 aliphatic rings. The van der Waals surface area contributed by atoms with Crippen LogP contribution in [0.1, 0.15) is 20.3 Å². The quantitative estimate of drug-likeness (QED) is 0.668. The molecular formula is C21H22ClN3O. The van der Waals surface area contributed by atoms with Crippen LogP contribution in [0.2, 0.25) is 5.02 Å². The standard InChI is InChI=1S/C21H22ClN3O/c1-14-11-15(2)13-24(12-14)21-23-19-6-4-3-5-18(19)20(26)25(21)17-9-7-16(22)8-10-17/h3-10,14-15H,11-13H2,1-2H3/t14-,15+. The maximum Gasteiger partial charge on any atom is 0.267 e. The lowest BCUT2D eigenvalue weighted by Gasteiger charge is -2.36. The summed E-state index contributed by atoms with van der Waals surface area (Å²) in [6.07, 6.45) is 1.20. The highest BCUT2D eigenvalue weighted by Gasteiger charge is 2.26. The van der Waals surface area contributed by atoms with Gasteiger partial charge in [0.05, 0.1) is 16.6 Å². The van der Waals surface area contributed by atoms with Gasteiger partial charge >= 0.3 is 0 Å².